The Kier molecular flexibility index (Phi) is 4.44. The third kappa shape index (κ3) is 3.60. The minimum absolute atomic E-state index is 0.00524. The van der Waals surface area contributed by atoms with Gasteiger partial charge in [-0.05, 0) is 36.6 Å². The molecule has 106 valence electrons. The Labute approximate surface area is 125 Å². The number of amides is 1. The van der Waals surface area contributed by atoms with Crippen molar-refractivity contribution >= 4 is 27.5 Å². The molecule has 1 aromatic heterocycles. The van der Waals surface area contributed by atoms with Crippen LogP contribution in [0.4, 0.5) is 5.69 Å². The number of carbonyl (C=O) groups excluding carboxylic acids is 1. The van der Waals surface area contributed by atoms with Crippen molar-refractivity contribution in [2.45, 2.75) is 20.3 Å². The molecule has 6 heteroatoms. The Morgan fingerprint density at radius 1 is 1.45 bits per heavy atom. The van der Waals surface area contributed by atoms with E-state index in [1.807, 2.05) is 0 Å². The lowest BCUT2D eigenvalue weighted by atomic mass is 10.1. The minimum atomic E-state index is -0.353. The van der Waals surface area contributed by atoms with E-state index in [4.69, 9.17) is 0 Å². The number of H-pyrrole nitrogens is 1. The van der Waals surface area contributed by atoms with Gasteiger partial charge in [0, 0.05) is 10.2 Å². The van der Waals surface area contributed by atoms with E-state index in [0.29, 0.717) is 17.3 Å². The summed E-state index contributed by atoms with van der Waals surface area (Å²) in [4.78, 5) is 12.0. The number of phenols is 1. The molecule has 0 unspecified atom stereocenters. The number of benzene rings is 1. The number of aromatic hydroxyl groups is 1. The molecular formula is C14H16BrN3O2. The largest absolute Gasteiger partial charge is 0.506 e. The number of nitrogens with one attached hydrogen (secondary N) is 2. The first-order valence-electron chi connectivity index (χ1n) is 6.30. The topological polar surface area (TPSA) is 78.0 Å². The van der Waals surface area contributed by atoms with E-state index in [2.05, 4.69) is 45.3 Å². The van der Waals surface area contributed by atoms with Crippen molar-refractivity contribution in [3.8, 4) is 5.75 Å². The molecule has 0 spiro atoms. The minimum Gasteiger partial charge on any atom is -0.506 e. The van der Waals surface area contributed by atoms with Gasteiger partial charge < -0.3 is 10.4 Å². The van der Waals surface area contributed by atoms with E-state index in [9.17, 15) is 9.90 Å². The molecule has 1 amide bonds. The lowest BCUT2D eigenvalue weighted by molar-refractivity contribution is 0.102. The van der Waals surface area contributed by atoms with E-state index in [-0.39, 0.29) is 11.7 Å². The van der Waals surface area contributed by atoms with Crippen LogP contribution in [0.3, 0.4) is 0 Å². The number of nitrogens with zero attached hydrogens (tertiary/aromatic N) is 1. The van der Waals surface area contributed by atoms with Gasteiger partial charge in [-0.3, -0.25) is 9.89 Å². The van der Waals surface area contributed by atoms with Gasteiger partial charge in [0.05, 0.1) is 5.69 Å². The predicted octanol–water partition coefficient (Wildman–Crippen LogP) is 3.33. The Morgan fingerprint density at radius 3 is 2.85 bits per heavy atom. The summed E-state index contributed by atoms with van der Waals surface area (Å²) in [5, 5.41) is 19.2. The molecule has 2 aromatic rings. The van der Waals surface area contributed by atoms with Crippen molar-refractivity contribution in [3.63, 3.8) is 0 Å². The van der Waals surface area contributed by atoms with Gasteiger partial charge in [0.2, 0.25) is 0 Å². The zero-order valence-electron chi connectivity index (χ0n) is 11.3. The van der Waals surface area contributed by atoms with Gasteiger partial charge >= 0.3 is 0 Å². The highest BCUT2D eigenvalue weighted by Crippen LogP contribution is 2.27. The number of phenolic OH excluding ortho intramolecular Hbond substituents is 1. The van der Waals surface area contributed by atoms with Crippen molar-refractivity contribution in [2.75, 3.05) is 5.32 Å². The fourth-order valence-electron chi connectivity index (χ4n) is 1.82. The Balaban J connectivity index is 2.09. The number of rotatable bonds is 4. The molecule has 1 heterocycles. The smallest absolute Gasteiger partial charge is 0.276 e. The summed E-state index contributed by atoms with van der Waals surface area (Å²) < 4.78 is 0.743. The first-order valence-corrected chi connectivity index (χ1v) is 7.09. The van der Waals surface area contributed by atoms with Gasteiger partial charge in [0.15, 0.2) is 5.69 Å². The van der Waals surface area contributed by atoms with E-state index < -0.39 is 0 Å². The zero-order chi connectivity index (χ0) is 14.7. The van der Waals surface area contributed by atoms with Gasteiger partial charge in [0.25, 0.3) is 5.91 Å². The fourth-order valence-corrected chi connectivity index (χ4v) is 2.17. The molecule has 3 N–H and O–H groups in total. The molecule has 20 heavy (non-hydrogen) atoms. The first-order chi connectivity index (χ1) is 9.45. The predicted molar refractivity (Wildman–Crippen MR) is 80.9 cm³/mol. The molecule has 5 nitrogen and oxygen atoms in total. The number of aromatic nitrogens is 2. The molecule has 0 fully saturated rings. The number of anilines is 1. The van der Waals surface area contributed by atoms with Crippen LogP contribution in [-0.4, -0.2) is 21.2 Å². The molecule has 0 aliphatic heterocycles. The van der Waals surface area contributed by atoms with Crippen LogP contribution in [0.5, 0.6) is 5.75 Å². The Bertz CT molecular complexity index is 623. The SMILES string of the molecule is CC(C)Cc1cc(C(=O)Nc2ccc(Br)cc2O)n[nH]1. The number of carbonyl (C=O) groups is 1. The molecule has 0 aliphatic rings. The second kappa shape index (κ2) is 6.09. The quantitative estimate of drug-likeness (QED) is 0.749. The Morgan fingerprint density at radius 2 is 2.20 bits per heavy atom. The molecule has 0 radical (unpaired) electrons. The number of hydrogen-bond acceptors (Lipinski definition) is 3. The highest BCUT2D eigenvalue weighted by Gasteiger charge is 2.13. The van der Waals surface area contributed by atoms with Crippen molar-refractivity contribution < 1.29 is 9.90 Å². The summed E-state index contributed by atoms with van der Waals surface area (Å²) in [5.74, 6) is 0.140. The van der Waals surface area contributed by atoms with Crippen molar-refractivity contribution in [2.24, 2.45) is 5.92 Å². The maximum absolute atomic E-state index is 12.0. The molecule has 0 atom stereocenters. The number of hydrogen-bond donors (Lipinski definition) is 3. The van der Waals surface area contributed by atoms with Gasteiger partial charge in [-0.15, -0.1) is 0 Å². The van der Waals surface area contributed by atoms with Gasteiger partial charge in [-0.1, -0.05) is 29.8 Å². The monoisotopic (exact) mass is 337 g/mol. The maximum atomic E-state index is 12.0. The van der Waals surface area contributed by atoms with Crippen molar-refractivity contribution in [3.05, 3.63) is 40.1 Å². The van der Waals surface area contributed by atoms with Crippen LogP contribution in [0.2, 0.25) is 0 Å². The zero-order valence-corrected chi connectivity index (χ0v) is 12.9. The summed E-state index contributed by atoms with van der Waals surface area (Å²) in [5.41, 5.74) is 1.58. The lowest BCUT2D eigenvalue weighted by Crippen LogP contribution is -2.12. The van der Waals surface area contributed by atoms with Crippen LogP contribution in [0, 0.1) is 5.92 Å². The van der Waals surface area contributed by atoms with E-state index in [1.165, 1.54) is 6.07 Å². The maximum Gasteiger partial charge on any atom is 0.276 e. The van der Waals surface area contributed by atoms with Crippen LogP contribution >= 0.6 is 15.9 Å². The summed E-state index contributed by atoms with van der Waals surface area (Å²) in [7, 11) is 0. The fraction of sp³-hybridized carbons (Fsp3) is 0.286. The average Bonchev–Trinajstić information content (AvgIpc) is 2.80. The second-order valence-electron chi connectivity index (χ2n) is 4.99. The highest BCUT2D eigenvalue weighted by atomic mass is 79.9. The van der Waals surface area contributed by atoms with Crippen molar-refractivity contribution in [1.29, 1.82) is 0 Å². The summed E-state index contributed by atoms with van der Waals surface area (Å²) in [6.07, 6.45) is 0.837. The number of halogens is 1. The van der Waals surface area contributed by atoms with Crippen molar-refractivity contribution in [1.82, 2.24) is 10.2 Å². The van der Waals surface area contributed by atoms with Gasteiger partial charge in [-0.25, -0.2) is 0 Å². The molecule has 0 bridgehead atoms. The first kappa shape index (κ1) is 14.6. The molecular weight excluding hydrogens is 322 g/mol. The van der Waals surface area contributed by atoms with E-state index in [1.54, 1.807) is 18.2 Å². The molecule has 0 saturated heterocycles. The lowest BCUT2D eigenvalue weighted by Gasteiger charge is -2.05. The molecule has 0 saturated carbocycles. The van der Waals surface area contributed by atoms with Crippen LogP contribution in [0.25, 0.3) is 0 Å². The van der Waals surface area contributed by atoms with Gasteiger partial charge in [-0.2, -0.15) is 5.10 Å². The normalized spacial score (nSPS) is 10.8. The summed E-state index contributed by atoms with van der Waals surface area (Å²) in [6.45, 7) is 4.20. The third-order valence-corrected chi connectivity index (χ3v) is 3.19. The number of aromatic amines is 1. The standard InChI is InChI=1S/C14H16BrN3O2/c1-8(2)5-10-7-12(18-17-10)14(20)16-11-4-3-9(15)6-13(11)19/h3-4,6-8,19H,5H2,1-2H3,(H,16,20)(H,17,18). The van der Waals surface area contributed by atoms with Crippen LogP contribution < -0.4 is 5.32 Å². The summed E-state index contributed by atoms with van der Waals surface area (Å²) in [6, 6.07) is 6.61. The van der Waals surface area contributed by atoms with Crippen LogP contribution in [-0.2, 0) is 6.42 Å². The van der Waals surface area contributed by atoms with Crippen LogP contribution in [0.15, 0.2) is 28.7 Å². The Hall–Kier alpha value is -1.82. The van der Waals surface area contributed by atoms with Gasteiger partial charge in [0.1, 0.15) is 5.75 Å². The molecule has 0 aliphatic carbocycles. The third-order valence-electron chi connectivity index (χ3n) is 2.70. The van der Waals surface area contributed by atoms with E-state index in [0.717, 1.165) is 16.6 Å². The van der Waals surface area contributed by atoms with E-state index >= 15 is 0 Å². The summed E-state index contributed by atoms with van der Waals surface area (Å²) >= 11 is 3.24. The molecule has 2 rings (SSSR count). The van der Waals surface area contributed by atoms with Crippen LogP contribution in [0.1, 0.15) is 30.0 Å². The highest BCUT2D eigenvalue weighted by molar-refractivity contribution is 9.10. The molecule has 1 aromatic carbocycles. The second-order valence-corrected chi connectivity index (χ2v) is 5.91. The average molecular weight is 338 g/mol.